The van der Waals surface area contributed by atoms with Crippen LogP contribution in [0.3, 0.4) is 0 Å². The van der Waals surface area contributed by atoms with E-state index >= 15 is 0 Å². The number of aryl methyl sites for hydroxylation is 1. The maximum Gasteiger partial charge on any atom is 0.241 e. The number of hydrogen-bond acceptors (Lipinski definition) is 3. The molecule has 132 valence electrons. The van der Waals surface area contributed by atoms with Gasteiger partial charge in [0.25, 0.3) is 0 Å². The third-order valence-corrected chi connectivity index (χ3v) is 4.13. The molecule has 0 radical (unpaired) electrons. The fraction of sp³-hybridized carbons (Fsp3) is 0.263. The molecular weight excluding hydrogens is 338 g/mol. The number of likely N-dealkylation sites (N-methyl/N-ethyl adjacent to an activating group) is 1. The fourth-order valence-corrected chi connectivity index (χ4v) is 2.31. The van der Waals surface area contributed by atoms with Gasteiger partial charge in [-0.15, -0.1) is 0 Å². The van der Waals surface area contributed by atoms with E-state index in [9.17, 15) is 9.59 Å². The number of amides is 2. The van der Waals surface area contributed by atoms with Gasteiger partial charge in [-0.05, 0) is 57.3 Å². The molecule has 2 amide bonds. The molecule has 0 aliphatic rings. The van der Waals surface area contributed by atoms with Crippen LogP contribution >= 0.6 is 11.6 Å². The molecule has 2 aromatic carbocycles. The van der Waals surface area contributed by atoms with Crippen molar-refractivity contribution in [1.29, 1.82) is 0 Å². The first-order chi connectivity index (χ1) is 11.8. The summed E-state index contributed by atoms with van der Waals surface area (Å²) in [7, 11) is 1.74. The zero-order valence-corrected chi connectivity index (χ0v) is 15.3. The summed E-state index contributed by atoms with van der Waals surface area (Å²) in [6.45, 7) is 3.86. The van der Waals surface area contributed by atoms with Crippen molar-refractivity contribution in [3.05, 3.63) is 59.1 Å². The van der Waals surface area contributed by atoms with Crippen LogP contribution < -0.4 is 10.6 Å². The number of nitrogens with one attached hydrogen (secondary N) is 2. The summed E-state index contributed by atoms with van der Waals surface area (Å²) in [5, 5.41) is 6.24. The summed E-state index contributed by atoms with van der Waals surface area (Å²) >= 11 is 5.83. The molecule has 5 nitrogen and oxygen atoms in total. The van der Waals surface area contributed by atoms with E-state index in [0.717, 1.165) is 11.3 Å². The van der Waals surface area contributed by atoms with Crippen molar-refractivity contribution in [3.8, 4) is 0 Å². The largest absolute Gasteiger partial charge is 0.325 e. The molecular formula is C19H22ClN3O2. The predicted octanol–water partition coefficient (Wildman–Crippen LogP) is 3.55. The van der Waals surface area contributed by atoms with E-state index < -0.39 is 6.04 Å². The zero-order valence-electron chi connectivity index (χ0n) is 14.5. The first-order valence-electron chi connectivity index (χ1n) is 7.98. The van der Waals surface area contributed by atoms with Crippen LogP contribution in [-0.4, -0.2) is 36.3 Å². The Morgan fingerprint density at radius 3 is 2.12 bits per heavy atom. The monoisotopic (exact) mass is 359 g/mol. The lowest BCUT2D eigenvalue weighted by Crippen LogP contribution is -2.43. The van der Waals surface area contributed by atoms with Gasteiger partial charge >= 0.3 is 0 Å². The van der Waals surface area contributed by atoms with E-state index in [-0.39, 0.29) is 18.4 Å². The average molecular weight is 360 g/mol. The maximum absolute atomic E-state index is 12.3. The predicted molar refractivity (Wildman–Crippen MR) is 102 cm³/mol. The molecule has 0 saturated heterocycles. The Labute approximate surface area is 153 Å². The normalized spacial score (nSPS) is 11.9. The van der Waals surface area contributed by atoms with Crippen molar-refractivity contribution < 1.29 is 9.59 Å². The van der Waals surface area contributed by atoms with Crippen molar-refractivity contribution in [1.82, 2.24) is 4.90 Å². The topological polar surface area (TPSA) is 61.4 Å². The smallest absolute Gasteiger partial charge is 0.241 e. The summed E-state index contributed by atoms with van der Waals surface area (Å²) in [5.74, 6) is -0.356. The molecule has 6 heteroatoms. The second-order valence-electron chi connectivity index (χ2n) is 6.00. The maximum atomic E-state index is 12.3. The Kier molecular flexibility index (Phi) is 6.56. The summed E-state index contributed by atoms with van der Waals surface area (Å²) in [5.41, 5.74) is 2.53. The molecule has 0 unspecified atom stereocenters. The molecule has 2 rings (SSSR count). The lowest BCUT2D eigenvalue weighted by Gasteiger charge is -2.23. The Morgan fingerprint density at radius 1 is 1.00 bits per heavy atom. The Hall–Kier alpha value is -2.37. The van der Waals surface area contributed by atoms with Crippen LogP contribution in [-0.2, 0) is 9.59 Å². The quantitative estimate of drug-likeness (QED) is 0.829. The molecule has 0 fully saturated rings. The van der Waals surface area contributed by atoms with Crippen LogP contribution in [0.25, 0.3) is 0 Å². The van der Waals surface area contributed by atoms with Crippen molar-refractivity contribution >= 4 is 34.8 Å². The first-order valence-corrected chi connectivity index (χ1v) is 8.36. The molecule has 0 aliphatic heterocycles. The Bertz CT molecular complexity index is 729. The number of halogens is 1. The highest BCUT2D eigenvalue weighted by atomic mass is 35.5. The van der Waals surface area contributed by atoms with Crippen molar-refractivity contribution in [2.24, 2.45) is 0 Å². The number of rotatable bonds is 6. The molecule has 2 N–H and O–H groups in total. The number of nitrogens with zero attached hydrogens (tertiary/aromatic N) is 1. The van der Waals surface area contributed by atoms with Gasteiger partial charge < -0.3 is 10.6 Å². The van der Waals surface area contributed by atoms with Gasteiger partial charge in [0.1, 0.15) is 0 Å². The van der Waals surface area contributed by atoms with Gasteiger partial charge in [-0.25, -0.2) is 0 Å². The van der Waals surface area contributed by atoms with Gasteiger partial charge in [0, 0.05) is 16.4 Å². The molecule has 0 heterocycles. The van der Waals surface area contributed by atoms with Gasteiger partial charge in [-0.3, -0.25) is 14.5 Å². The molecule has 0 bridgehead atoms. The number of anilines is 2. The highest BCUT2D eigenvalue weighted by Gasteiger charge is 2.20. The van der Waals surface area contributed by atoms with Crippen LogP contribution in [0.15, 0.2) is 48.5 Å². The Morgan fingerprint density at radius 2 is 1.52 bits per heavy atom. The van der Waals surface area contributed by atoms with Crippen molar-refractivity contribution in [2.45, 2.75) is 19.9 Å². The van der Waals surface area contributed by atoms with E-state index in [0.29, 0.717) is 10.7 Å². The third-order valence-electron chi connectivity index (χ3n) is 3.88. The summed E-state index contributed by atoms with van der Waals surface area (Å²) in [6, 6.07) is 14.0. The van der Waals surface area contributed by atoms with Gasteiger partial charge in [-0.1, -0.05) is 29.3 Å². The lowest BCUT2D eigenvalue weighted by atomic mass is 10.2. The van der Waals surface area contributed by atoms with Gasteiger partial charge in [-0.2, -0.15) is 0 Å². The lowest BCUT2D eigenvalue weighted by molar-refractivity contribution is -0.122. The van der Waals surface area contributed by atoms with Crippen molar-refractivity contribution in [2.75, 3.05) is 24.2 Å². The van der Waals surface area contributed by atoms with Crippen LogP contribution in [0.1, 0.15) is 12.5 Å². The zero-order chi connectivity index (χ0) is 18.4. The van der Waals surface area contributed by atoms with Gasteiger partial charge in [0.2, 0.25) is 11.8 Å². The number of benzene rings is 2. The molecule has 0 spiro atoms. The minimum Gasteiger partial charge on any atom is -0.325 e. The molecule has 0 aromatic heterocycles. The Balaban J connectivity index is 1.86. The van der Waals surface area contributed by atoms with E-state index in [2.05, 4.69) is 10.6 Å². The van der Waals surface area contributed by atoms with E-state index in [4.69, 9.17) is 11.6 Å². The van der Waals surface area contributed by atoms with Crippen molar-refractivity contribution in [3.63, 3.8) is 0 Å². The van der Waals surface area contributed by atoms with Crippen LogP contribution in [0, 0.1) is 6.92 Å². The highest BCUT2D eigenvalue weighted by molar-refractivity contribution is 6.30. The fourth-order valence-electron chi connectivity index (χ4n) is 2.18. The molecule has 0 aliphatic carbocycles. The third kappa shape index (κ3) is 5.89. The molecule has 0 saturated carbocycles. The standard InChI is InChI=1S/C19H22ClN3O2/c1-13-4-8-16(9-5-13)21-18(24)12-23(3)14(2)19(25)22-17-10-6-15(20)7-11-17/h4-11,14H,12H2,1-3H3,(H,21,24)(H,22,25)/t14-/m0/s1. The SMILES string of the molecule is Cc1ccc(NC(=O)CN(C)[C@@H](C)C(=O)Nc2ccc(Cl)cc2)cc1. The van der Waals surface area contributed by atoms with Crippen LogP contribution in [0.4, 0.5) is 11.4 Å². The van der Waals surface area contributed by atoms with E-state index in [1.54, 1.807) is 43.1 Å². The number of carbonyl (C=O) groups excluding carboxylic acids is 2. The number of hydrogen-bond donors (Lipinski definition) is 2. The van der Waals surface area contributed by atoms with Crippen LogP contribution in [0.2, 0.25) is 5.02 Å². The number of carbonyl (C=O) groups is 2. The van der Waals surface area contributed by atoms with Crippen LogP contribution in [0.5, 0.6) is 0 Å². The summed E-state index contributed by atoms with van der Waals surface area (Å²) in [4.78, 5) is 26.1. The van der Waals surface area contributed by atoms with Gasteiger partial charge in [0.15, 0.2) is 0 Å². The second kappa shape index (κ2) is 8.65. The molecule has 25 heavy (non-hydrogen) atoms. The molecule has 2 aromatic rings. The summed E-state index contributed by atoms with van der Waals surface area (Å²) < 4.78 is 0. The highest BCUT2D eigenvalue weighted by Crippen LogP contribution is 2.14. The van der Waals surface area contributed by atoms with Gasteiger partial charge in [0.05, 0.1) is 12.6 Å². The average Bonchev–Trinajstić information content (AvgIpc) is 2.58. The minimum absolute atomic E-state index is 0.114. The summed E-state index contributed by atoms with van der Waals surface area (Å²) in [6.07, 6.45) is 0. The van der Waals surface area contributed by atoms with E-state index in [1.165, 1.54) is 0 Å². The minimum atomic E-state index is -0.459. The first kappa shape index (κ1) is 19.0. The van der Waals surface area contributed by atoms with E-state index in [1.807, 2.05) is 31.2 Å². The second-order valence-corrected chi connectivity index (χ2v) is 6.44. The molecule has 1 atom stereocenters.